The molecule has 1 amide bonds. The topological polar surface area (TPSA) is 20.3 Å². The molecule has 21 heavy (non-hydrogen) atoms. The highest BCUT2D eigenvalue weighted by Crippen LogP contribution is 2.46. The molecule has 1 aromatic carbocycles. The predicted molar refractivity (Wildman–Crippen MR) is 88.7 cm³/mol. The smallest absolute Gasteiger partial charge is 0.244 e. The molecule has 1 saturated heterocycles. The van der Waals surface area contributed by atoms with Crippen molar-refractivity contribution in [3.05, 3.63) is 48.6 Å². The molecule has 2 nitrogen and oxygen atoms in total. The maximum Gasteiger partial charge on any atom is 0.244 e. The van der Waals surface area contributed by atoms with Gasteiger partial charge in [0.1, 0.15) is 4.87 Å². The first kappa shape index (κ1) is 16.4. The molecule has 0 unspecified atom stereocenters. The molecule has 0 spiro atoms. The van der Waals surface area contributed by atoms with Gasteiger partial charge in [0.25, 0.3) is 0 Å². The van der Waals surface area contributed by atoms with Crippen molar-refractivity contribution in [2.24, 2.45) is 5.92 Å². The number of benzene rings is 1. The van der Waals surface area contributed by atoms with E-state index in [9.17, 15) is 4.79 Å². The Morgan fingerprint density at radius 3 is 2.57 bits per heavy atom. The van der Waals surface area contributed by atoms with Gasteiger partial charge in [-0.05, 0) is 25.8 Å². The van der Waals surface area contributed by atoms with Gasteiger partial charge in [-0.1, -0.05) is 36.4 Å². The molecule has 2 atom stereocenters. The van der Waals surface area contributed by atoms with E-state index in [-0.39, 0.29) is 11.8 Å². The lowest BCUT2D eigenvalue weighted by Gasteiger charge is -2.33. The van der Waals surface area contributed by atoms with Gasteiger partial charge in [-0.2, -0.15) is 0 Å². The van der Waals surface area contributed by atoms with Gasteiger partial charge in [0, 0.05) is 23.9 Å². The van der Waals surface area contributed by atoms with E-state index in [2.05, 4.69) is 6.58 Å². The Balaban J connectivity index is 2.27. The third-order valence-electron chi connectivity index (χ3n) is 4.08. The molecule has 4 heteroatoms. The number of carbonyl (C=O) groups excluding carboxylic acids is 1. The number of carbonyl (C=O) groups is 1. The lowest BCUT2D eigenvalue weighted by Crippen LogP contribution is -2.43. The highest BCUT2D eigenvalue weighted by molar-refractivity contribution is 6.37. The molecule has 1 heterocycles. The van der Waals surface area contributed by atoms with Crippen molar-refractivity contribution in [2.75, 3.05) is 6.54 Å². The number of alkyl halides is 2. The molecule has 1 aromatic rings. The summed E-state index contributed by atoms with van der Waals surface area (Å²) < 4.78 is 0. The Morgan fingerprint density at radius 2 is 2.05 bits per heavy atom. The van der Waals surface area contributed by atoms with E-state index in [0.29, 0.717) is 19.5 Å². The minimum Gasteiger partial charge on any atom is -0.336 e. The van der Waals surface area contributed by atoms with Crippen LogP contribution in [0.2, 0.25) is 0 Å². The zero-order chi connectivity index (χ0) is 15.7. The van der Waals surface area contributed by atoms with Crippen molar-refractivity contribution in [3.63, 3.8) is 0 Å². The standard InChI is InChI=1S/C17H21Cl2NO/c1-4-10-17(19)14(16(2,3)18)12-20(15(17)21)11-13-8-6-5-7-9-13/h4-9,14H,1,10-12H2,2-3H3/t14-,17+/m1/s1. The van der Waals surface area contributed by atoms with E-state index in [4.69, 9.17) is 23.2 Å². The van der Waals surface area contributed by atoms with Gasteiger partial charge in [-0.25, -0.2) is 0 Å². The lowest BCUT2D eigenvalue weighted by molar-refractivity contribution is -0.130. The number of rotatable bonds is 5. The Morgan fingerprint density at radius 1 is 1.43 bits per heavy atom. The average Bonchev–Trinajstić information content (AvgIpc) is 2.65. The van der Waals surface area contributed by atoms with Crippen LogP contribution in [0.25, 0.3) is 0 Å². The Labute approximate surface area is 136 Å². The van der Waals surface area contributed by atoms with Crippen molar-refractivity contribution in [1.29, 1.82) is 0 Å². The van der Waals surface area contributed by atoms with E-state index < -0.39 is 9.75 Å². The molecule has 0 N–H and O–H groups in total. The van der Waals surface area contributed by atoms with Gasteiger partial charge < -0.3 is 4.90 Å². The summed E-state index contributed by atoms with van der Waals surface area (Å²) >= 11 is 13.2. The monoisotopic (exact) mass is 325 g/mol. The van der Waals surface area contributed by atoms with Gasteiger partial charge in [0.15, 0.2) is 0 Å². The molecule has 0 aliphatic carbocycles. The molecule has 114 valence electrons. The highest BCUT2D eigenvalue weighted by Gasteiger charge is 2.56. The van der Waals surface area contributed by atoms with E-state index in [1.807, 2.05) is 44.2 Å². The SMILES string of the molecule is C=CC[C@@]1(Cl)C(=O)N(Cc2ccccc2)C[C@@H]1C(C)(C)Cl. The molecular weight excluding hydrogens is 305 g/mol. The molecule has 1 aliphatic rings. The minimum atomic E-state index is -0.984. The zero-order valence-electron chi connectivity index (χ0n) is 12.5. The molecule has 0 radical (unpaired) electrons. The number of likely N-dealkylation sites (tertiary alicyclic amines) is 1. The predicted octanol–water partition coefficient (Wildman–Crippen LogP) is 4.22. The molecule has 1 aliphatic heterocycles. The van der Waals surface area contributed by atoms with Crippen LogP contribution in [0.1, 0.15) is 25.8 Å². The van der Waals surface area contributed by atoms with Crippen LogP contribution < -0.4 is 0 Å². The van der Waals surface area contributed by atoms with Crippen LogP contribution in [0.4, 0.5) is 0 Å². The first-order chi connectivity index (χ1) is 9.79. The van der Waals surface area contributed by atoms with Gasteiger partial charge in [0.05, 0.1) is 0 Å². The van der Waals surface area contributed by atoms with E-state index >= 15 is 0 Å². The van der Waals surface area contributed by atoms with Crippen LogP contribution >= 0.6 is 23.2 Å². The molecule has 1 fully saturated rings. The maximum absolute atomic E-state index is 12.8. The van der Waals surface area contributed by atoms with Gasteiger partial charge in [-0.3, -0.25) is 4.79 Å². The summed E-state index contributed by atoms with van der Waals surface area (Å²) in [6, 6.07) is 9.92. The Hall–Kier alpha value is -0.990. The van der Waals surface area contributed by atoms with Crippen LogP contribution in [0.3, 0.4) is 0 Å². The van der Waals surface area contributed by atoms with Gasteiger partial charge >= 0.3 is 0 Å². The number of halogens is 2. The van der Waals surface area contributed by atoms with Crippen LogP contribution in [0, 0.1) is 5.92 Å². The summed E-state index contributed by atoms with van der Waals surface area (Å²) in [6.45, 7) is 8.70. The first-order valence-electron chi connectivity index (χ1n) is 7.11. The van der Waals surface area contributed by atoms with Gasteiger partial charge in [0.2, 0.25) is 5.91 Å². The Kier molecular flexibility index (Phi) is 4.69. The Bertz CT molecular complexity index is 523. The number of hydrogen-bond acceptors (Lipinski definition) is 1. The molecule has 0 bridgehead atoms. The van der Waals surface area contributed by atoms with Crippen molar-refractivity contribution in [2.45, 2.75) is 36.6 Å². The van der Waals surface area contributed by atoms with Gasteiger partial charge in [-0.15, -0.1) is 29.8 Å². The molecule has 0 aromatic heterocycles. The fourth-order valence-corrected chi connectivity index (χ4v) is 3.88. The third kappa shape index (κ3) is 3.27. The van der Waals surface area contributed by atoms with Crippen molar-refractivity contribution in [3.8, 4) is 0 Å². The quantitative estimate of drug-likeness (QED) is 0.586. The second kappa shape index (κ2) is 6.02. The summed E-state index contributed by atoms with van der Waals surface area (Å²) in [5.41, 5.74) is 1.09. The van der Waals surface area contributed by atoms with E-state index in [1.165, 1.54) is 0 Å². The zero-order valence-corrected chi connectivity index (χ0v) is 14.0. The van der Waals surface area contributed by atoms with E-state index in [1.54, 1.807) is 11.0 Å². The second-order valence-corrected chi connectivity index (χ2v) is 7.79. The minimum absolute atomic E-state index is 0.0494. The summed E-state index contributed by atoms with van der Waals surface area (Å²) in [5, 5.41) is 0. The maximum atomic E-state index is 12.8. The van der Waals surface area contributed by atoms with Crippen molar-refractivity contribution < 1.29 is 4.79 Å². The molecule has 0 saturated carbocycles. The summed E-state index contributed by atoms with van der Waals surface area (Å²) in [6.07, 6.45) is 2.13. The van der Waals surface area contributed by atoms with Crippen LogP contribution in [0.15, 0.2) is 43.0 Å². The largest absolute Gasteiger partial charge is 0.336 e. The second-order valence-electron chi connectivity index (χ2n) is 6.14. The fraction of sp³-hybridized carbons (Fsp3) is 0.471. The molecule has 2 rings (SSSR count). The van der Waals surface area contributed by atoms with Crippen molar-refractivity contribution >= 4 is 29.1 Å². The fourth-order valence-electron chi connectivity index (χ4n) is 3.00. The number of allylic oxidation sites excluding steroid dienone is 1. The third-order valence-corrected chi connectivity index (χ3v) is 4.93. The van der Waals surface area contributed by atoms with Crippen LogP contribution in [0.5, 0.6) is 0 Å². The normalized spacial score (nSPS) is 26.2. The summed E-state index contributed by atoms with van der Waals surface area (Å²) in [4.78, 5) is 13.0. The lowest BCUT2D eigenvalue weighted by atomic mass is 9.82. The van der Waals surface area contributed by atoms with Crippen LogP contribution in [-0.2, 0) is 11.3 Å². The van der Waals surface area contributed by atoms with Crippen LogP contribution in [-0.4, -0.2) is 27.1 Å². The number of hydrogen-bond donors (Lipinski definition) is 0. The van der Waals surface area contributed by atoms with E-state index in [0.717, 1.165) is 5.56 Å². The van der Waals surface area contributed by atoms with Crippen molar-refractivity contribution in [1.82, 2.24) is 4.90 Å². The summed E-state index contributed by atoms with van der Waals surface area (Å²) in [5.74, 6) is -0.172. The first-order valence-corrected chi connectivity index (χ1v) is 7.86. The number of amides is 1. The highest BCUT2D eigenvalue weighted by atomic mass is 35.5. The number of nitrogens with zero attached hydrogens (tertiary/aromatic N) is 1. The summed E-state index contributed by atoms with van der Waals surface area (Å²) in [7, 11) is 0. The average molecular weight is 326 g/mol. The molecular formula is C17H21Cl2NO.